The fraction of sp³-hybridized carbons (Fsp3) is 0.308. The fourth-order valence-electron chi connectivity index (χ4n) is 1.26. The molecule has 1 rings (SSSR count). The molecular weight excluding hydrogens is 214 g/mol. The van der Waals surface area contributed by atoms with Crippen molar-refractivity contribution in [1.29, 1.82) is 0 Å². The molecule has 0 spiro atoms. The Labute approximate surface area is 102 Å². The van der Waals surface area contributed by atoms with Crippen molar-refractivity contribution in [2.24, 2.45) is 5.73 Å². The lowest BCUT2D eigenvalue weighted by molar-refractivity contribution is 0.241. The Balaban J connectivity index is 2.48. The van der Waals surface area contributed by atoms with Crippen LogP contribution in [0.5, 0.6) is 0 Å². The van der Waals surface area contributed by atoms with Crippen molar-refractivity contribution in [3.8, 4) is 11.8 Å². The molecule has 0 fully saturated rings. The Morgan fingerprint density at radius 3 is 2.59 bits per heavy atom. The van der Waals surface area contributed by atoms with E-state index in [2.05, 4.69) is 22.5 Å². The molecule has 0 saturated heterocycles. The molecule has 0 radical (unpaired) electrons. The zero-order valence-corrected chi connectivity index (χ0v) is 9.92. The number of amides is 2. The fourth-order valence-corrected chi connectivity index (χ4v) is 1.26. The van der Waals surface area contributed by atoms with Crippen molar-refractivity contribution in [3.05, 3.63) is 35.4 Å². The summed E-state index contributed by atoms with van der Waals surface area (Å²) in [6.45, 7) is 3.38. The number of carbonyl (C=O) groups is 1. The highest BCUT2D eigenvalue weighted by molar-refractivity contribution is 5.73. The van der Waals surface area contributed by atoms with Crippen LogP contribution in [0.2, 0.25) is 0 Å². The van der Waals surface area contributed by atoms with Crippen LogP contribution in [0.15, 0.2) is 24.3 Å². The number of hydrogen-bond acceptors (Lipinski definition) is 2. The van der Waals surface area contributed by atoms with Crippen molar-refractivity contribution in [2.75, 3.05) is 13.1 Å². The van der Waals surface area contributed by atoms with Crippen LogP contribution in [0.25, 0.3) is 0 Å². The second-order valence-electron chi connectivity index (χ2n) is 3.42. The van der Waals surface area contributed by atoms with Crippen LogP contribution in [0, 0.1) is 11.8 Å². The highest BCUT2D eigenvalue weighted by atomic mass is 16.2. The standard InChI is InChI=1S/C13H17N3O/c1-2-15-13(17)16-10-12-7-5-11(6-8-12)4-3-9-14/h5-8H,2,9-10,14H2,1H3,(H2,15,16,17). The molecule has 0 aliphatic carbocycles. The molecule has 1 aromatic rings. The molecule has 0 heterocycles. The third-order valence-electron chi connectivity index (χ3n) is 2.08. The van der Waals surface area contributed by atoms with Gasteiger partial charge in [0, 0.05) is 18.7 Å². The van der Waals surface area contributed by atoms with Gasteiger partial charge in [-0.25, -0.2) is 4.79 Å². The van der Waals surface area contributed by atoms with E-state index >= 15 is 0 Å². The first-order valence-electron chi connectivity index (χ1n) is 5.56. The van der Waals surface area contributed by atoms with Gasteiger partial charge in [0.05, 0.1) is 6.54 Å². The maximum absolute atomic E-state index is 11.2. The summed E-state index contributed by atoms with van der Waals surface area (Å²) in [6.07, 6.45) is 0. The zero-order valence-electron chi connectivity index (χ0n) is 9.92. The van der Waals surface area contributed by atoms with Gasteiger partial charge in [0.15, 0.2) is 0 Å². The number of carbonyl (C=O) groups excluding carboxylic acids is 1. The summed E-state index contributed by atoms with van der Waals surface area (Å²) in [5.41, 5.74) is 7.25. The second-order valence-corrected chi connectivity index (χ2v) is 3.42. The van der Waals surface area contributed by atoms with Crippen LogP contribution in [-0.2, 0) is 6.54 Å². The van der Waals surface area contributed by atoms with Gasteiger partial charge in [-0.05, 0) is 24.6 Å². The first-order valence-corrected chi connectivity index (χ1v) is 5.56. The van der Waals surface area contributed by atoms with Gasteiger partial charge < -0.3 is 16.4 Å². The quantitative estimate of drug-likeness (QED) is 0.674. The number of nitrogens with two attached hydrogens (primary N) is 1. The van der Waals surface area contributed by atoms with Crippen molar-refractivity contribution in [1.82, 2.24) is 10.6 Å². The number of urea groups is 1. The molecule has 0 aliphatic heterocycles. The van der Waals surface area contributed by atoms with E-state index in [4.69, 9.17) is 5.73 Å². The molecular formula is C13H17N3O. The largest absolute Gasteiger partial charge is 0.338 e. The molecule has 0 unspecified atom stereocenters. The van der Waals surface area contributed by atoms with Crippen molar-refractivity contribution >= 4 is 6.03 Å². The van der Waals surface area contributed by atoms with Gasteiger partial charge in [0.25, 0.3) is 0 Å². The molecule has 0 aromatic heterocycles. The summed E-state index contributed by atoms with van der Waals surface area (Å²) in [4.78, 5) is 11.2. The summed E-state index contributed by atoms with van der Waals surface area (Å²) in [7, 11) is 0. The van der Waals surface area contributed by atoms with Crippen LogP contribution in [0.1, 0.15) is 18.1 Å². The van der Waals surface area contributed by atoms with Crippen LogP contribution in [0.3, 0.4) is 0 Å². The second kappa shape index (κ2) is 7.31. The predicted octanol–water partition coefficient (Wildman–Crippen LogP) is 0.816. The minimum absolute atomic E-state index is 0.153. The van der Waals surface area contributed by atoms with Gasteiger partial charge in [0.2, 0.25) is 0 Å². The minimum Gasteiger partial charge on any atom is -0.338 e. The van der Waals surface area contributed by atoms with Crippen LogP contribution in [-0.4, -0.2) is 19.1 Å². The Morgan fingerprint density at radius 2 is 2.00 bits per heavy atom. The van der Waals surface area contributed by atoms with Crippen molar-refractivity contribution in [2.45, 2.75) is 13.5 Å². The van der Waals surface area contributed by atoms with Gasteiger partial charge >= 0.3 is 6.03 Å². The molecule has 4 nitrogen and oxygen atoms in total. The van der Waals surface area contributed by atoms with E-state index in [0.717, 1.165) is 11.1 Å². The van der Waals surface area contributed by atoms with E-state index in [9.17, 15) is 4.79 Å². The molecule has 0 bridgehead atoms. The molecule has 4 N–H and O–H groups in total. The average molecular weight is 231 g/mol. The Bertz CT molecular complexity index is 415. The minimum atomic E-state index is -0.153. The molecule has 17 heavy (non-hydrogen) atoms. The van der Waals surface area contributed by atoms with Crippen LogP contribution >= 0.6 is 0 Å². The summed E-state index contributed by atoms with van der Waals surface area (Å²) in [5.74, 6) is 5.73. The van der Waals surface area contributed by atoms with E-state index in [1.807, 2.05) is 31.2 Å². The zero-order chi connectivity index (χ0) is 12.5. The predicted molar refractivity (Wildman–Crippen MR) is 68.3 cm³/mol. The lowest BCUT2D eigenvalue weighted by Gasteiger charge is -2.05. The summed E-state index contributed by atoms with van der Waals surface area (Å²) >= 11 is 0. The Hall–Kier alpha value is -1.99. The maximum Gasteiger partial charge on any atom is 0.315 e. The lowest BCUT2D eigenvalue weighted by atomic mass is 10.1. The molecule has 4 heteroatoms. The van der Waals surface area contributed by atoms with Gasteiger partial charge in [-0.2, -0.15) is 0 Å². The Kier molecular flexibility index (Phi) is 5.62. The topological polar surface area (TPSA) is 67.2 Å². The smallest absolute Gasteiger partial charge is 0.315 e. The molecule has 0 atom stereocenters. The number of nitrogens with one attached hydrogen (secondary N) is 2. The van der Waals surface area contributed by atoms with E-state index in [-0.39, 0.29) is 6.03 Å². The number of benzene rings is 1. The van der Waals surface area contributed by atoms with Gasteiger partial charge in [-0.1, -0.05) is 24.0 Å². The molecule has 2 amide bonds. The van der Waals surface area contributed by atoms with Gasteiger partial charge in [-0.3, -0.25) is 0 Å². The SMILES string of the molecule is CCNC(=O)NCc1ccc(C#CCN)cc1. The maximum atomic E-state index is 11.2. The first kappa shape index (κ1) is 13.1. The highest BCUT2D eigenvalue weighted by Crippen LogP contribution is 2.02. The van der Waals surface area contributed by atoms with Gasteiger partial charge in [-0.15, -0.1) is 0 Å². The van der Waals surface area contributed by atoms with E-state index in [0.29, 0.717) is 19.6 Å². The van der Waals surface area contributed by atoms with Crippen molar-refractivity contribution in [3.63, 3.8) is 0 Å². The Morgan fingerprint density at radius 1 is 1.29 bits per heavy atom. The molecule has 0 aliphatic rings. The lowest BCUT2D eigenvalue weighted by Crippen LogP contribution is -2.34. The van der Waals surface area contributed by atoms with E-state index in [1.165, 1.54) is 0 Å². The van der Waals surface area contributed by atoms with Gasteiger partial charge in [0.1, 0.15) is 0 Å². The first-order chi connectivity index (χ1) is 8.26. The van der Waals surface area contributed by atoms with Crippen LogP contribution < -0.4 is 16.4 Å². The van der Waals surface area contributed by atoms with Crippen molar-refractivity contribution < 1.29 is 4.79 Å². The third-order valence-corrected chi connectivity index (χ3v) is 2.08. The normalized spacial score (nSPS) is 9.06. The molecule has 0 saturated carbocycles. The van der Waals surface area contributed by atoms with Crippen LogP contribution in [0.4, 0.5) is 4.79 Å². The molecule has 90 valence electrons. The third kappa shape index (κ3) is 5.05. The number of rotatable bonds is 3. The monoisotopic (exact) mass is 231 g/mol. The number of hydrogen-bond donors (Lipinski definition) is 3. The molecule has 1 aromatic carbocycles. The summed E-state index contributed by atoms with van der Waals surface area (Å²) < 4.78 is 0. The van der Waals surface area contributed by atoms with E-state index in [1.54, 1.807) is 0 Å². The summed E-state index contributed by atoms with van der Waals surface area (Å²) in [6, 6.07) is 7.55. The average Bonchev–Trinajstić information content (AvgIpc) is 2.35. The van der Waals surface area contributed by atoms with E-state index < -0.39 is 0 Å². The summed E-state index contributed by atoms with van der Waals surface area (Å²) in [5, 5.41) is 5.43. The highest BCUT2D eigenvalue weighted by Gasteiger charge is 1.97.